The normalized spacial score (nSPS) is 20.3. The van der Waals surface area contributed by atoms with Gasteiger partial charge >= 0.3 is 6.09 Å². The molecule has 2 aromatic carbocycles. The molecule has 0 aliphatic carbocycles. The first kappa shape index (κ1) is 37.1. The fraction of sp³-hybridized carbons (Fsp3) is 0.600. The Hall–Kier alpha value is -3.64. The van der Waals surface area contributed by atoms with Gasteiger partial charge in [-0.05, 0) is 95.1 Å². The Morgan fingerprint density at radius 3 is 2.29 bits per heavy atom. The molecular formula is C40H59N7O4. The highest BCUT2D eigenvalue weighted by Crippen LogP contribution is 2.41. The molecule has 3 aliphatic heterocycles. The van der Waals surface area contributed by atoms with Gasteiger partial charge in [-0.15, -0.1) is 0 Å². The van der Waals surface area contributed by atoms with Crippen LogP contribution in [0, 0.1) is 0 Å². The van der Waals surface area contributed by atoms with Crippen LogP contribution in [0.15, 0.2) is 36.4 Å². The van der Waals surface area contributed by atoms with Gasteiger partial charge in [0.1, 0.15) is 5.75 Å². The number of likely N-dealkylation sites (tertiary alicyclic amines) is 2. The smallest absolute Gasteiger partial charge is 0.418 e. The van der Waals surface area contributed by atoms with E-state index in [0.717, 1.165) is 92.8 Å². The maximum absolute atomic E-state index is 13.7. The zero-order valence-corrected chi connectivity index (χ0v) is 32.1. The lowest BCUT2D eigenvalue weighted by molar-refractivity contribution is -0.137. The van der Waals surface area contributed by atoms with Crippen molar-refractivity contribution < 1.29 is 19.1 Å². The van der Waals surface area contributed by atoms with Crippen LogP contribution in [0.2, 0.25) is 0 Å². The molecule has 0 bridgehead atoms. The number of likely N-dealkylation sites (N-methyl/N-ethyl adjacent to an activating group) is 1. The lowest BCUT2D eigenvalue weighted by Crippen LogP contribution is -2.52. The molecule has 278 valence electrons. The molecule has 3 aliphatic rings. The molecule has 4 heterocycles. The molecule has 3 aromatic rings. The second-order valence-corrected chi connectivity index (χ2v) is 16.0. The summed E-state index contributed by atoms with van der Waals surface area (Å²) in [6, 6.07) is 12.5. The number of carbonyl (C=O) groups excluding carboxylic acids is 2. The van der Waals surface area contributed by atoms with Crippen LogP contribution in [0.1, 0.15) is 75.7 Å². The molecule has 1 unspecified atom stereocenters. The van der Waals surface area contributed by atoms with Crippen molar-refractivity contribution in [2.24, 2.45) is 7.05 Å². The number of aromatic nitrogens is 1. The Balaban J connectivity index is 1.19. The zero-order valence-electron chi connectivity index (χ0n) is 32.1. The molecule has 2 atom stereocenters. The standard InChI is InChI=1S/C40H59N7O4/c1-40(2,3)30-25-31(37(42(4)5)46-18-10-9-11-19-46)36(50-8)32(26-30)41-39(49)51-34-24-28-14-12-15-29(35(28)44(34)7)27-45-20-22-47(23-21-45)38(48)33-16-13-17-43(33)6/h12,14-15,24-26,33,37H,9-11,13,16-23,27H2,1-8H3,(H,41,49)/t33-,37?/m0/s1. The molecule has 0 spiro atoms. The van der Waals surface area contributed by atoms with E-state index in [2.05, 4.69) is 91.1 Å². The molecule has 11 nitrogen and oxygen atoms in total. The summed E-state index contributed by atoms with van der Waals surface area (Å²) in [6.07, 6.45) is 5.09. The molecule has 0 saturated carbocycles. The fourth-order valence-corrected chi connectivity index (χ4v) is 8.29. The van der Waals surface area contributed by atoms with Crippen molar-refractivity contribution in [1.82, 2.24) is 29.1 Å². The van der Waals surface area contributed by atoms with Crippen molar-refractivity contribution in [3.05, 3.63) is 53.1 Å². The number of hydrogen-bond acceptors (Lipinski definition) is 8. The number of ether oxygens (including phenoxy) is 2. The quantitative estimate of drug-likeness (QED) is 0.296. The first-order valence-corrected chi connectivity index (χ1v) is 18.8. The van der Waals surface area contributed by atoms with Gasteiger partial charge in [-0.25, -0.2) is 4.79 Å². The van der Waals surface area contributed by atoms with Gasteiger partial charge in [0.15, 0.2) is 0 Å². The summed E-state index contributed by atoms with van der Waals surface area (Å²) < 4.78 is 14.1. The van der Waals surface area contributed by atoms with Crippen LogP contribution in [-0.4, -0.2) is 121 Å². The second-order valence-electron chi connectivity index (χ2n) is 16.0. The van der Waals surface area contributed by atoms with Crippen molar-refractivity contribution in [3.8, 4) is 11.6 Å². The maximum atomic E-state index is 13.7. The van der Waals surface area contributed by atoms with Gasteiger partial charge in [-0.1, -0.05) is 45.4 Å². The first-order valence-electron chi connectivity index (χ1n) is 18.8. The number of para-hydroxylation sites is 1. The minimum atomic E-state index is -0.564. The van der Waals surface area contributed by atoms with Gasteiger partial charge in [-0.3, -0.25) is 29.7 Å². The van der Waals surface area contributed by atoms with Gasteiger partial charge in [0.25, 0.3) is 0 Å². The molecule has 1 aromatic heterocycles. The monoisotopic (exact) mass is 701 g/mol. The topological polar surface area (TPSA) is 85.8 Å². The van der Waals surface area contributed by atoms with E-state index in [-0.39, 0.29) is 23.5 Å². The summed E-state index contributed by atoms with van der Waals surface area (Å²) in [5.41, 5.74) is 4.81. The lowest BCUT2D eigenvalue weighted by Gasteiger charge is -2.40. The Kier molecular flexibility index (Phi) is 11.3. The Labute approximate surface area is 304 Å². The summed E-state index contributed by atoms with van der Waals surface area (Å²) in [6.45, 7) is 13.5. The van der Waals surface area contributed by atoms with Crippen molar-refractivity contribution in [3.63, 3.8) is 0 Å². The van der Waals surface area contributed by atoms with E-state index < -0.39 is 6.09 Å². The summed E-state index contributed by atoms with van der Waals surface area (Å²) in [7, 11) is 9.89. The molecule has 1 N–H and O–H groups in total. The average Bonchev–Trinajstić information content (AvgIpc) is 3.67. The third kappa shape index (κ3) is 8.06. The number of rotatable bonds is 9. The highest BCUT2D eigenvalue weighted by Gasteiger charge is 2.34. The van der Waals surface area contributed by atoms with Crippen LogP contribution in [0.3, 0.4) is 0 Å². The number of aryl methyl sites for hydroxylation is 1. The Morgan fingerprint density at radius 2 is 1.67 bits per heavy atom. The van der Waals surface area contributed by atoms with E-state index in [1.54, 1.807) is 7.11 Å². The predicted molar refractivity (Wildman–Crippen MR) is 204 cm³/mol. The minimum absolute atomic E-state index is 0.00758. The van der Waals surface area contributed by atoms with Gasteiger partial charge in [0.05, 0.1) is 30.5 Å². The number of anilines is 1. The maximum Gasteiger partial charge on any atom is 0.418 e. The van der Waals surface area contributed by atoms with Crippen LogP contribution >= 0.6 is 0 Å². The van der Waals surface area contributed by atoms with Crippen molar-refractivity contribution in [2.75, 3.05) is 79.4 Å². The molecule has 11 heteroatoms. The number of piperidine rings is 1. The van der Waals surface area contributed by atoms with Crippen LogP contribution in [-0.2, 0) is 23.8 Å². The van der Waals surface area contributed by atoms with Crippen LogP contribution < -0.4 is 14.8 Å². The summed E-state index contributed by atoms with van der Waals surface area (Å²) >= 11 is 0. The third-order valence-electron chi connectivity index (χ3n) is 11.1. The largest absolute Gasteiger partial charge is 0.494 e. The lowest BCUT2D eigenvalue weighted by atomic mass is 9.85. The predicted octanol–water partition coefficient (Wildman–Crippen LogP) is 5.88. The Morgan fingerprint density at radius 1 is 0.941 bits per heavy atom. The Bertz CT molecular complexity index is 1700. The van der Waals surface area contributed by atoms with Gasteiger partial charge in [-0.2, -0.15) is 0 Å². The number of carbonyl (C=O) groups is 2. The minimum Gasteiger partial charge on any atom is -0.494 e. The summed E-state index contributed by atoms with van der Waals surface area (Å²) in [4.78, 5) is 38.2. The average molecular weight is 702 g/mol. The number of fused-ring (bicyclic) bond motifs is 1. The third-order valence-corrected chi connectivity index (χ3v) is 11.1. The van der Waals surface area contributed by atoms with E-state index in [1.807, 2.05) is 28.6 Å². The van der Waals surface area contributed by atoms with E-state index in [0.29, 0.717) is 17.3 Å². The van der Waals surface area contributed by atoms with Crippen LogP contribution in [0.5, 0.6) is 11.6 Å². The molecular weight excluding hydrogens is 642 g/mol. The summed E-state index contributed by atoms with van der Waals surface area (Å²) in [5, 5.41) is 4.08. The number of nitrogens with one attached hydrogen (secondary N) is 1. The number of benzene rings is 2. The molecule has 2 amide bonds. The highest BCUT2D eigenvalue weighted by atomic mass is 16.6. The van der Waals surface area contributed by atoms with Crippen LogP contribution in [0.25, 0.3) is 10.9 Å². The molecule has 3 saturated heterocycles. The summed E-state index contributed by atoms with van der Waals surface area (Å²) in [5.74, 6) is 1.40. The van der Waals surface area contributed by atoms with Crippen LogP contribution in [0.4, 0.5) is 10.5 Å². The molecule has 3 fully saturated rings. The van der Waals surface area contributed by atoms with Crippen molar-refractivity contribution in [1.29, 1.82) is 0 Å². The molecule has 51 heavy (non-hydrogen) atoms. The van der Waals surface area contributed by atoms with Gasteiger partial charge in [0, 0.05) is 56.8 Å². The number of hydrogen-bond donors (Lipinski definition) is 1. The number of nitrogens with zero attached hydrogens (tertiary/aromatic N) is 6. The van der Waals surface area contributed by atoms with Crippen molar-refractivity contribution in [2.45, 2.75) is 77.0 Å². The highest BCUT2D eigenvalue weighted by molar-refractivity contribution is 5.91. The van der Waals surface area contributed by atoms with Gasteiger partial charge < -0.3 is 18.9 Å². The SMILES string of the molecule is COc1c(NC(=O)Oc2cc3cccc(CN4CCN(C(=O)[C@@H]5CCCN5C)CC4)c3n2C)cc(C(C)(C)C)cc1C(N(C)C)N1CCCCC1. The van der Waals surface area contributed by atoms with Crippen molar-refractivity contribution >= 4 is 28.6 Å². The molecule has 0 radical (unpaired) electrons. The second kappa shape index (κ2) is 15.5. The number of methoxy groups -OCH3 is 1. The fourth-order valence-electron chi connectivity index (χ4n) is 8.29. The first-order chi connectivity index (χ1) is 24.3. The van der Waals surface area contributed by atoms with Gasteiger partial charge in [0.2, 0.25) is 11.8 Å². The van der Waals surface area contributed by atoms with E-state index in [4.69, 9.17) is 9.47 Å². The van der Waals surface area contributed by atoms with E-state index >= 15 is 0 Å². The number of amides is 2. The van der Waals surface area contributed by atoms with E-state index in [9.17, 15) is 9.59 Å². The molecule has 6 rings (SSSR count). The number of piperazine rings is 1. The van der Waals surface area contributed by atoms with E-state index in [1.165, 1.54) is 19.3 Å². The zero-order chi connectivity index (χ0) is 36.4.